The zero-order chi connectivity index (χ0) is 14.5. The summed E-state index contributed by atoms with van der Waals surface area (Å²) in [6.07, 6.45) is 3.56. The predicted octanol–water partition coefficient (Wildman–Crippen LogP) is 1.75. The number of nitrogens with one attached hydrogen (secondary N) is 2. The average molecular weight is 269 g/mol. The van der Waals surface area contributed by atoms with E-state index in [4.69, 9.17) is 0 Å². The van der Waals surface area contributed by atoms with Gasteiger partial charge in [-0.15, -0.1) is 0 Å². The molecule has 4 nitrogen and oxygen atoms in total. The van der Waals surface area contributed by atoms with Gasteiger partial charge in [-0.3, -0.25) is 9.69 Å². The van der Waals surface area contributed by atoms with Crippen molar-refractivity contribution in [2.75, 3.05) is 19.6 Å². The van der Waals surface area contributed by atoms with Crippen LogP contribution < -0.4 is 10.6 Å². The van der Waals surface area contributed by atoms with Crippen LogP contribution in [0.15, 0.2) is 0 Å². The van der Waals surface area contributed by atoms with E-state index in [0.29, 0.717) is 6.04 Å². The maximum Gasteiger partial charge on any atom is 0.237 e. The Labute approximate surface area is 118 Å². The zero-order valence-electron chi connectivity index (χ0n) is 13.3. The highest BCUT2D eigenvalue weighted by atomic mass is 16.2. The Morgan fingerprint density at radius 2 is 1.84 bits per heavy atom. The van der Waals surface area contributed by atoms with Crippen LogP contribution in [-0.2, 0) is 4.79 Å². The molecule has 2 N–H and O–H groups in total. The SMILES string of the molecule is CCC(C)(C)NC(=O)C(C)NCC(C)N1CCCC1. The molecule has 0 saturated carbocycles. The van der Waals surface area contributed by atoms with Gasteiger partial charge >= 0.3 is 0 Å². The molecule has 1 fully saturated rings. The lowest BCUT2D eigenvalue weighted by Crippen LogP contribution is -2.52. The minimum Gasteiger partial charge on any atom is -0.350 e. The molecule has 0 aromatic heterocycles. The molecule has 112 valence electrons. The van der Waals surface area contributed by atoms with Crippen LogP contribution in [0.4, 0.5) is 0 Å². The van der Waals surface area contributed by atoms with Crippen LogP contribution in [0, 0.1) is 0 Å². The van der Waals surface area contributed by atoms with Gasteiger partial charge in [0.2, 0.25) is 5.91 Å². The van der Waals surface area contributed by atoms with Gasteiger partial charge in [-0.1, -0.05) is 6.92 Å². The summed E-state index contributed by atoms with van der Waals surface area (Å²) in [4.78, 5) is 14.6. The molecule has 0 bridgehead atoms. The summed E-state index contributed by atoms with van der Waals surface area (Å²) in [6, 6.07) is 0.382. The lowest BCUT2D eigenvalue weighted by molar-refractivity contribution is -0.124. The van der Waals surface area contributed by atoms with Crippen molar-refractivity contribution in [1.29, 1.82) is 0 Å². The van der Waals surface area contributed by atoms with Gasteiger partial charge in [0.05, 0.1) is 6.04 Å². The number of hydrogen-bond donors (Lipinski definition) is 2. The van der Waals surface area contributed by atoms with Gasteiger partial charge in [0, 0.05) is 18.1 Å². The van der Waals surface area contributed by atoms with E-state index in [2.05, 4.69) is 43.2 Å². The van der Waals surface area contributed by atoms with Gasteiger partial charge in [-0.25, -0.2) is 0 Å². The highest BCUT2D eigenvalue weighted by Gasteiger charge is 2.23. The van der Waals surface area contributed by atoms with Crippen LogP contribution >= 0.6 is 0 Å². The van der Waals surface area contributed by atoms with E-state index < -0.39 is 0 Å². The van der Waals surface area contributed by atoms with E-state index in [-0.39, 0.29) is 17.5 Å². The minimum absolute atomic E-state index is 0.0977. The van der Waals surface area contributed by atoms with E-state index in [9.17, 15) is 4.79 Å². The molecule has 1 amide bonds. The van der Waals surface area contributed by atoms with Gasteiger partial charge in [-0.2, -0.15) is 0 Å². The third-order valence-electron chi connectivity index (χ3n) is 4.22. The Balaban J connectivity index is 2.29. The molecular formula is C15H31N3O. The molecule has 0 aliphatic carbocycles. The normalized spacial score (nSPS) is 20.3. The lowest BCUT2D eigenvalue weighted by atomic mass is 10.0. The first kappa shape index (κ1) is 16.4. The summed E-state index contributed by atoms with van der Waals surface area (Å²) in [5.74, 6) is 0.0977. The number of amides is 1. The van der Waals surface area contributed by atoms with Gasteiger partial charge in [0.15, 0.2) is 0 Å². The predicted molar refractivity (Wildman–Crippen MR) is 80.2 cm³/mol. The second-order valence-corrected chi connectivity index (χ2v) is 6.45. The first-order valence-corrected chi connectivity index (χ1v) is 7.65. The second kappa shape index (κ2) is 7.25. The molecule has 1 aliphatic rings. The Morgan fingerprint density at radius 3 is 2.37 bits per heavy atom. The van der Waals surface area contributed by atoms with Gasteiger partial charge < -0.3 is 10.6 Å². The maximum atomic E-state index is 12.1. The molecule has 0 aromatic carbocycles. The number of carbonyl (C=O) groups excluding carboxylic acids is 1. The van der Waals surface area contributed by atoms with Crippen molar-refractivity contribution in [2.45, 2.75) is 71.5 Å². The molecule has 0 aromatic rings. The molecule has 1 rings (SSSR count). The van der Waals surface area contributed by atoms with E-state index >= 15 is 0 Å². The summed E-state index contributed by atoms with van der Waals surface area (Å²) in [5.41, 5.74) is -0.117. The summed E-state index contributed by atoms with van der Waals surface area (Å²) in [5, 5.41) is 6.44. The van der Waals surface area contributed by atoms with Crippen molar-refractivity contribution in [1.82, 2.24) is 15.5 Å². The summed E-state index contributed by atoms with van der Waals surface area (Å²) in [6.45, 7) is 13.7. The van der Waals surface area contributed by atoms with Crippen LogP contribution in [0.3, 0.4) is 0 Å². The quantitative estimate of drug-likeness (QED) is 0.740. The van der Waals surface area contributed by atoms with Crippen molar-refractivity contribution in [3.05, 3.63) is 0 Å². The largest absolute Gasteiger partial charge is 0.350 e. The Hall–Kier alpha value is -0.610. The van der Waals surface area contributed by atoms with Crippen LogP contribution in [0.5, 0.6) is 0 Å². The minimum atomic E-state index is -0.129. The number of rotatable bonds is 7. The number of likely N-dealkylation sites (tertiary alicyclic amines) is 1. The molecule has 19 heavy (non-hydrogen) atoms. The monoisotopic (exact) mass is 269 g/mol. The average Bonchev–Trinajstić information content (AvgIpc) is 2.88. The van der Waals surface area contributed by atoms with Gasteiger partial charge in [0.25, 0.3) is 0 Å². The molecule has 0 radical (unpaired) electrons. The smallest absolute Gasteiger partial charge is 0.237 e. The number of nitrogens with zero attached hydrogens (tertiary/aromatic N) is 1. The van der Waals surface area contributed by atoms with Crippen LogP contribution in [0.25, 0.3) is 0 Å². The Bertz CT molecular complexity index is 285. The van der Waals surface area contributed by atoms with Crippen LogP contribution in [-0.4, -0.2) is 48.1 Å². The molecule has 1 aliphatic heterocycles. The van der Waals surface area contributed by atoms with E-state index in [1.54, 1.807) is 0 Å². The summed E-state index contributed by atoms with van der Waals surface area (Å²) in [7, 11) is 0. The Morgan fingerprint density at radius 1 is 1.26 bits per heavy atom. The van der Waals surface area contributed by atoms with Crippen LogP contribution in [0.1, 0.15) is 53.9 Å². The molecule has 1 saturated heterocycles. The van der Waals surface area contributed by atoms with E-state index in [0.717, 1.165) is 13.0 Å². The van der Waals surface area contributed by atoms with Crippen molar-refractivity contribution < 1.29 is 4.79 Å². The van der Waals surface area contributed by atoms with Gasteiger partial charge in [-0.05, 0) is 60.0 Å². The fourth-order valence-electron chi connectivity index (χ4n) is 2.28. The van der Waals surface area contributed by atoms with E-state index in [1.807, 2.05) is 6.92 Å². The number of carbonyl (C=O) groups is 1. The fraction of sp³-hybridized carbons (Fsp3) is 0.933. The molecular weight excluding hydrogens is 238 g/mol. The van der Waals surface area contributed by atoms with E-state index in [1.165, 1.54) is 25.9 Å². The Kier molecular flexibility index (Phi) is 6.27. The first-order valence-electron chi connectivity index (χ1n) is 7.65. The topological polar surface area (TPSA) is 44.4 Å². The summed E-state index contributed by atoms with van der Waals surface area (Å²) >= 11 is 0. The third-order valence-corrected chi connectivity index (χ3v) is 4.22. The highest BCUT2D eigenvalue weighted by molar-refractivity contribution is 5.81. The molecule has 2 unspecified atom stereocenters. The fourth-order valence-corrected chi connectivity index (χ4v) is 2.28. The molecule has 0 spiro atoms. The summed E-state index contributed by atoms with van der Waals surface area (Å²) < 4.78 is 0. The number of hydrogen-bond acceptors (Lipinski definition) is 3. The molecule has 2 atom stereocenters. The van der Waals surface area contributed by atoms with Crippen molar-refractivity contribution in [3.63, 3.8) is 0 Å². The highest BCUT2D eigenvalue weighted by Crippen LogP contribution is 2.11. The van der Waals surface area contributed by atoms with Crippen LogP contribution in [0.2, 0.25) is 0 Å². The molecule has 4 heteroatoms. The van der Waals surface area contributed by atoms with Gasteiger partial charge in [0.1, 0.15) is 0 Å². The zero-order valence-corrected chi connectivity index (χ0v) is 13.3. The standard InChI is InChI=1S/C15H31N3O/c1-6-15(4,5)17-14(19)13(3)16-11-12(2)18-9-7-8-10-18/h12-13,16H,6-11H2,1-5H3,(H,17,19). The van der Waals surface area contributed by atoms with Crippen molar-refractivity contribution in [3.8, 4) is 0 Å². The third kappa shape index (κ3) is 5.49. The lowest BCUT2D eigenvalue weighted by Gasteiger charge is -2.28. The van der Waals surface area contributed by atoms with Crippen molar-refractivity contribution in [2.24, 2.45) is 0 Å². The maximum absolute atomic E-state index is 12.1. The van der Waals surface area contributed by atoms with Crippen molar-refractivity contribution >= 4 is 5.91 Å². The molecule has 1 heterocycles. The first-order chi connectivity index (χ1) is 8.85. The second-order valence-electron chi connectivity index (χ2n) is 6.45.